The number of fused-ring (bicyclic) bond motifs is 1. The third-order valence-electron chi connectivity index (χ3n) is 4.56. The standard InChI is InChI=1S/C22H19N3O2S/c1-15(23-22(27)20-12-7-13-28-20)21-24-17-10-5-6-11-18(17)25(21)14-19(26)16-8-3-2-4-9-16/h2-13,15H,14H2,1H3,(H,23,27). The van der Waals surface area contributed by atoms with Gasteiger partial charge in [0.05, 0.1) is 28.5 Å². The van der Waals surface area contributed by atoms with Gasteiger partial charge in [0.25, 0.3) is 5.91 Å². The first-order valence-corrected chi connectivity index (χ1v) is 9.89. The molecule has 2 aromatic carbocycles. The van der Waals surface area contributed by atoms with Crippen molar-refractivity contribution in [1.82, 2.24) is 14.9 Å². The molecular formula is C22H19N3O2S. The van der Waals surface area contributed by atoms with Crippen LogP contribution in [0.5, 0.6) is 0 Å². The molecule has 1 atom stereocenters. The molecule has 0 bridgehead atoms. The fourth-order valence-electron chi connectivity index (χ4n) is 3.19. The molecular weight excluding hydrogens is 370 g/mol. The molecule has 0 aliphatic rings. The Hall–Kier alpha value is -3.25. The van der Waals surface area contributed by atoms with Crippen molar-refractivity contribution < 1.29 is 9.59 Å². The highest BCUT2D eigenvalue weighted by atomic mass is 32.1. The lowest BCUT2D eigenvalue weighted by Crippen LogP contribution is -2.28. The van der Waals surface area contributed by atoms with Crippen LogP contribution in [-0.2, 0) is 6.54 Å². The zero-order chi connectivity index (χ0) is 19.5. The van der Waals surface area contributed by atoms with E-state index in [1.54, 1.807) is 6.07 Å². The van der Waals surface area contributed by atoms with Crippen LogP contribution in [0.15, 0.2) is 72.1 Å². The van der Waals surface area contributed by atoms with E-state index in [-0.39, 0.29) is 24.3 Å². The second kappa shape index (κ2) is 7.78. The van der Waals surface area contributed by atoms with E-state index in [4.69, 9.17) is 4.98 Å². The molecule has 5 nitrogen and oxygen atoms in total. The average molecular weight is 389 g/mol. The highest BCUT2D eigenvalue weighted by Crippen LogP contribution is 2.22. The number of hydrogen-bond donors (Lipinski definition) is 1. The van der Waals surface area contributed by atoms with Gasteiger partial charge in [0, 0.05) is 5.56 Å². The fraction of sp³-hybridized carbons (Fsp3) is 0.136. The number of rotatable bonds is 6. The summed E-state index contributed by atoms with van der Waals surface area (Å²) in [6, 6.07) is 20.2. The van der Waals surface area contributed by atoms with Crippen molar-refractivity contribution in [3.8, 4) is 0 Å². The number of nitrogens with one attached hydrogen (secondary N) is 1. The van der Waals surface area contributed by atoms with Gasteiger partial charge in [-0.25, -0.2) is 4.98 Å². The molecule has 28 heavy (non-hydrogen) atoms. The average Bonchev–Trinajstić information content (AvgIpc) is 3.37. The van der Waals surface area contributed by atoms with Crippen LogP contribution < -0.4 is 5.32 Å². The lowest BCUT2D eigenvalue weighted by molar-refractivity contribution is 0.0942. The second-order valence-electron chi connectivity index (χ2n) is 6.51. The Morgan fingerprint density at radius 1 is 1.04 bits per heavy atom. The first kappa shape index (κ1) is 18.1. The number of Topliss-reactive ketones (excluding diaryl/α,β-unsaturated/α-hetero) is 1. The molecule has 140 valence electrons. The Balaban J connectivity index is 1.67. The van der Waals surface area contributed by atoms with Crippen molar-refractivity contribution in [2.75, 3.05) is 0 Å². The predicted octanol–water partition coefficient (Wildman–Crippen LogP) is 4.47. The summed E-state index contributed by atoms with van der Waals surface area (Å²) in [5.74, 6) is 0.521. The molecule has 0 saturated heterocycles. The van der Waals surface area contributed by atoms with Gasteiger partial charge in [-0.3, -0.25) is 9.59 Å². The number of ketones is 1. The van der Waals surface area contributed by atoms with E-state index in [1.807, 2.05) is 77.5 Å². The van der Waals surface area contributed by atoms with Gasteiger partial charge in [0.1, 0.15) is 5.82 Å². The molecule has 2 heterocycles. The number of amides is 1. The highest BCUT2D eigenvalue weighted by Gasteiger charge is 2.21. The Kier molecular flexibility index (Phi) is 5.04. The number of benzene rings is 2. The van der Waals surface area contributed by atoms with Gasteiger partial charge in [-0.1, -0.05) is 48.5 Å². The smallest absolute Gasteiger partial charge is 0.261 e. The number of carbonyl (C=O) groups excluding carboxylic acids is 2. The van der Waals surface area contributed by atoms with Gasteiger partial charge in [-0.15, -0.1) is 11.3 Å². The number of hydrogen-bond acceptors (Lipinski definition) is 4. The molecule has 6 heteroatoms. The molecule has 0 radical (unpaired) electrons. The third kappa shape index (κ3) is 3.59. The number of para-hydroxylation sites is 2. The van der Waals surface area contributed by atoms with E-state index in [9.17, 15) is 9.59 Å². The zero-order valence-corrected chi connectivity index (χ0v) is 16.1. The summed E-state index contributed by atoms with van der Waals surface area (Å²) in [6.45, 7) is 2.05. The number of carbonyl (C=O) groups is 2. The molecule has 2 aromatic heterocycles. The quantitative estimate of drug-likeness (QED) is 0.495. The van der Waals surface area contributed by atoms with Crippen molar-refractivity contribution in [3.05, 3.63) is 88.4 Å². The summed E-state index contributed by atoms with van der Waals surface area (Å²) >= 11 is 1.39. The Bertz CT molecular complexity index is 1120. The first-order chi connectivity index (χ1) is 13.6. The van der Waals surface area contributed by atoms with Crippen LogP contribution in [0.25, 0.3) is 11.0 Å². The fourth-order valence-corrected chi connectivity index (χ4v) is 3.82. The van der Waals surface area contributed by atoms with Gasteiger partial charge in [-0.2, -0.15) is 0 Å². The maximum Gasteiger partial charge on any atom is 0.261 e. The number of nitrogens with zero attached hydrogens (tertiary/aromatic N) is 2. The van der Waals surface area contributed by atoms with Crippen LogP contribution in [0.4, 0.5) is 0 Å². The number of aromatic nitrogens is 2. The van der Waals surface area contributed by atoms with Gasteiger partial charge >= 0.3 is 0 Å². The van der Waals surface area contributed by atoms with E-state index in [0.717, 1.165) is 11.0 Å². The highest BCUT2D eigenvalue weighted by molar-refractivity contribution is 7.12. The lowest BCUT2D eigenvalue weighted by atomic mass is 10.1. The van der Waals surface area contributed by atoms with E-state index < -0.39 is 0 Å². The molecule has 0 aliphatic carbocycles. The lowest BCUT2D eigenvalue weighted by Gasteiger charge is -2.15. The summed E-state index contributed by atoms with van der Waals surface area (Å²) in [7, 11) is 0. The summed E-state index contributed by atoms with van der Waals surface area (Å²) < 4.78 is 1.89. The zero-order valence-electron chi connectivity index (χ0n) is 15.3. The molecule has 0 aliphatic heterocycles. The Morgan fingerprint density at radius 3 is 2.54 bits per heavy atom. The van der Waals surface area contributed by atoms with Crippen LogP contribution >= 0.6 is 11.3 Å². The van der Waals surface area contributed by atoms with Crippen LogP contribution in [0.3, 0.4) is 0 Å². The summed E-state index contributed by atoms with van der Waals surface area (Å²) in [4.78, 5) is 30.6. The minimum atomic E-state index is -0.342. The molecule has 4 aromatic rings. The summed E-state index contributed by atoms with van der Waals surface area (Å²) in [6.07, 6.45) is 0. The monoisotopic (exact) mass is 389 g/mol. The van der Waals surface area contributed by atoms with Crippen molar-refractivity contribution >= 4 is 34.1 Å². The minimum Gasteiger partial charge on any atom is -0.342 e. The van der Waals surface area contributed by atoms with Gasteiger partial charge in [0.15, 0.2) is 5.78 Å². The van der Waals surface area contributed by atoms with Crippen molar-refractivity contribution in [2.24, 2.45) is 0 Å². The van der Waals surface area contributed by atoms with E-state index >= 15 is 0 Å². The normalized spacial score (nSPS) is 12.0. The SMILES string of the molecule is CC(NC(=O)c1cccs1)c1nc2ccccc2n1CC(=O)c1ccccc1. The summed E-state index contributed by atoms with van der Waals surface area (Å²) in [5.41, 5.74) is 2.33. The molecule has 0 saturated carbocycles. The van der Waals surface area contributed by atoms with E-state index in [0.29, 0.717) is 16.3 Å². The van der Waals surface area contributed by atoms with E-state index in [2.05, 4.69) is 5.32 Å². The van der Waals surface area contributed by atoms with Crippen molar-refractivity contribution in [1.29, 1.82) is 0 Å². The van der Waals surface area contributed by atoms with E-state index in [1.165, 1.54) is 11.3 Å². The molecule has 4 rings (SSSR count). The van der Waals surface area contributed by atoms with Crippen LogP contribution in [0, 0.1) is 0 Å². The van der Waals surface area contributed by atoms with Crippen LogP contribution in [0.1, 0.15) is 38.8 Å². The Morgan fingerprint density at radius 2 is 1.79 bits per heavy atom. The second-order valence-corrected chi connectivity index (χ2v) is 7.45. The molecule has 0 spiro atoms. The molecule has 1 unspecified atom stereocenters. The number of imidazole rings is 1. The molecule has 1 amide bonds. The maximum atomic E-state index is 12.8. The largest absolute Gasteiger partial charge is 0.342 e. The topological polar surface area (TPSA) is 64.0 Å². The Labute approximate surface area is 166 Å². The summed E-state index contributed by atoms with van der Waals surface area (Å²) in [5, 5.41) is 4.86. The van der Waals surface area contributed by atoms with Crippen molar-refractivity contribution in [3.63, 3.8) is 0 Å². The van der Waals surface area contributed by atoms with Gasteiger partial charge < -0.3 is 9.88 Å². The minimum absolute atomic E-state index is 0.00165. The van der Waals surface area contributed by atoms with Crippen LogP contribution in [0.2, 0.25) is 0 Å². The molecule has 1 N–H and O–H groups in total. The maximum absolute atomic E-state index is 12.8. The number of thiophene rings is 1. The van der Waals surface area contributed by atoms with Gasteiger partial charge in [0.2, 0.25) is 0 Å². The first-order valence-electron chi connectivity index (χ1n) is 9.01. The van der Waals surface area contributed by atoms with Crippen LogP contribution in [-0.4, -0.2) is 21.2 Å². The van der Waals surface area contributed by atoms with Gasteiger partial charge in [-0.05, 0) is 30.5 Å². The predicted molar refractivity (Wildman–Crippen MR) is 111 cm³/mol. The van der Waals surface area contributed by atoms with Crippen molar-refractivity contribution in [2.45, 2.75) is 19.5 Å². The molecule has 0 fully saturated rings. The third-order valence-corrected chi connectivity index (χ3v) is 5.43.